The number of carbonyl (C=O) groups excluding carboxylic acids is 2. The fraction of sp³-hybridized carbons (Fsp3) is 0.250. The standard InChI is InChI=1S/C16H18O6/c1-5-7-21-13-10-14(22-8-6-2)12(16(18)20-4)9-11(13)15(17)19-3/h5-6,9-10H,1-2,7-8H2,3-4H3. The predicted molar refractivity (Wildman–Crippen MR) is 80.5 cm³/mol. The molecule has 0 spiro atoms. The second-order valence-electron chi connectivity index (χ2n) is 4.03. The third kappa shape index (κ3) is 4.12. The summed E-state index contributed by atoms with van der Waals surface area (Å²) in [5, 5.41) is 0. The van der Waals surface area contributed by atoms with E-state index in [-0.39, 0.29) is 35.8 Å². The van der Waals surface area contributed by atoms with Gasteiger partial charge >= 0.3 is 11.9 Å². The van der Waals surface area contributed by atoms with Crippen LogP contribution in [0.25, 0.3) is 0 Å². The highest BCUT2D eigenvalue weighted by atomic mass is 16.5. The topological polar surface area (TPSA) is 71.1 Å². The first-order valence-corrected chi connectivity index (χ1v) is 6.41. The van der Waals surface area contributed by atoms with Crippen LogP contribution in [0, 0.1) is 0 Å². The second kappa shape index (κ2) is 8.51. The van der Waals surface area contributed by atoms with Crippen molar-refractivity contribution in [1.82, 2.24) is 0 Å². The number of benzene rings is 1. The lowest BCUT2D eigenvalue weighted by atomic mass is 10.1. The van der Waals surface area contributed by atoms with Crippen molar-refractivity contribution in [2.45, 2.75) is 0 Å². The molecule has 0 bridgehead atoms. The van der Waals surface area contributed by atoms with E-state index >= 15 is 0 Å². The summed E-state index contributed by atoms with van der Waals surface area (Å²) in [4.78, 5) is 23.7. The second-order valence-corrected chi connectivity index (χ2v) is 4.03. The maximum atomic E-state index is 11.8. The molecule has 0 heterocycles. The molecule has 0 saturated carbocycles. The van der Waals surface area contributed by atoms with E-state index in [0.29, 0.717) is 0 Å². The molecule has 22 heavy (non-hydrogen) atoms. The van der Waals surface area contributed by atoms with Gasteiger partial charge in [-0.15, -0.1) is 0 Å². The molecule has 1 aromatic rings. The molecule has 1 aromatic carbocycles. The first kappa shape index (κ1) is 17.3. The summed E-state index contributed by atoms with van der Waals surface area (Å²) in [6, 6.07) is 2.75. The molecule has 0 amide bonds. The van der Waals surface area contributed by atoms with Crippen molar-refractivity contribution in [1.29, 1.82) is 0 Å². The third-order valence-electron chi connectivity index (χ3n) is 2.61. The van der Waals surface area contributed by atoms with Crippen LogP contribution in [0.4, 0.5) is 0 Å². The van der Waals surface area contributed by atoms with Gasteiger partial charge in [0.25, 0.3) is 0 Å². The van der Waals surface area contributed by atoms with Crippen LogP contribution in [0.5, 0.6) is 11.5 Å². The Hall–Kier alpha value is -2.76. The Kier molecular flexibility index (Phi) is 6.69. The van der Waals surface area contributed by atoms with E-state index < -0.39 is 11.9 Å². The van der Waals surface area contributed by atoms with Gasteiger partial charge < -0.3 is 18.9 Å². The molecule has 0 saturated heterocycles. The van der Waals surface area contributed by atoms with Crippen molar-refractivity contribution in [3.63, 3.8) is 0 Å². The number of hydrogen-bond acceptors (Lipinski definition) is 6. The summed E-state index contributed by atoms with van der Waals surface area (Å²) in [6.07, 6.45) is 3.05. The van der Waals surface area contributed by atoms with E-state index in [2.05, 4.69) is 13.2 Å². The van der Waals surface area contributed by atoms with E-state index in [1.165, 1.54) is 38.5 Å². The molecular weight excluding hydrogens is 288 g/mol. The fourth-order valence-corrected chi connectivity index (χ4v) is 1.64. The third-order valence-corrected chi connectivity index (χ3v) is 2.61. The Labute approximate surface area is 128 Å². The average Bonchev–Trinajstić information content (AvgIpc) is 2.56. The van der Waals surface area contributed by atoms with Gasteiger partial charge in [0.05, 0.1) is 14.2 Å². The maximum absolute atomic E-state index is 11.8. The van der Waals surface area contributed by atoms with E-state index in [0.717, 1.165) is 0 Å². The van der Waals surface area contributed by atoms with Crippen molar-refractivity contribution in [3.05, 3.63) is 48.6 Å². The lowest BCUT2D eigenvalue weighted by Gasteiger charge is -2.14. The molecule has 6 heteroatoms. The highest BCUT2D eigenvalue weighted by Crippen LogP contribution is 2.30. The van der Waals surface area contributed by atoms with Gasteiger partial charge in [0, 0.05) is 6.07 Å². The van der Waals surface area contributed by atoms with Gasteiger partial charge in [-0.25, -0.2) is 9.59 Å². The highest BCUT2D eigenvalue weighted by molar-refractivity contribution is 5.99. The molecule has 0 fully saturated rings. The summed E-state index contributed by atoms with van der Waals surface area (Å²) in [6.45, 7) is 7.45. The van der Waals surface area contributed by atoms with E-state index in [1.54, 1.807) is 0 Å². The molecule has 6 nitrogen and oxygen atoms in total. The molecule has 0 aliphatic rings. The summed E-state index contributed by atoms with van der Waals surface area (Å²) in [5.41, 5.74) is 0.186. The summed E-state index contributed by atoms with van der Waals surface area (Å²) in [5.74, 6) is -0.837. The number of rotatable bonds is 8. The molecule has 118 valence electrons. The Bertz CT molecular complexity index is 529. The van der Waals surface area contributed by atoms with Crippen LogP contribution >= 0.6 is 0 Å². The van der Waals surface area contributed by atoms with Crippen molar-refractivity contribution >= 4 is 11.9 Å². The monoisotopic (exact) mass is 306 g/mol. The highest BCUT2D eigenvalue weighted by Gasteiger charge is 2.22. The average molecular weight is 306 g/mol. The van der Waals surface area contributed by atoms with Gasteiger partial charge in [-0.3, -0.25) is 0 Å². The smallest absolute Gasteiger partial charge is 0.341 e. The SMILES string of the molecule is C=CCOc1cc(OCC=C)c(C(=O)OC)cc1C(=O)OC. The fourth-order valence-electron chi connectivity index (χ4n) is 1.64. The molecular formula is C16H18O6. The predicted octanol–water partition coefficient (Wildman–Crippen LogP) is 2.39. The zero-order valence-electron chi connectivity index (χ0n) is 12.6. The van der Waals surface area contributed by atoms with Crippen molar-refractivity contribution < 1.29 is 28.5 Å². The molecule has 1 rings (SSSR count). The van der Waals surface area contributed by atoms with Gasteiger partial charge in [-0.1, -0.05) is 25.3 Å². The minimum atomic E-state index is -0.639. The Morgan fingerprint density at radius 3 is 1.64 bits per heavy atom. The summed E-state index contributed by atoms with van der Waals surface area (Å²) >= 11 is 0. The lowest BCUT2D eigenvalue weighted by Crippen LogP contribution is -2.12. The normalized spacial score (nSPS) is 9.55. The Balaban J connectivity index is 3.40. The van der Waals surface area contributed by atoms with Crippen molar-refractivity contribution in [2.75, 3.05) is 27.4 Å². The van der Waals surface area contributed by atoms with Gasteiger partial charge in [-0.2, -0.15) is 0 Å². The number of methoxy groups -OCH3 is 2. The van der Waals surface area contributed by atoms with Crippen LogP contribution < -0.4 is 9.47 Å². The van der Waals surface area contributed by atoms with Crippen LogP contribution in [-0.2, 0) is 9.47 Å². The number of ether oxygens (including phenoxy) is 4. The quantitative estimate of drug-likeness (QED) is 0.542. The van der Waals surface area contributed by atoms with Gasteiger partial charge in [0.2, 0.25) is 0 Å². The van der Waals surface area contributed by atoms with Crippen LogP contribution in [0.3, 0.4) is 0 Å². The minimum Gasteiger partial charge on any atom is -0.488 e. The number of hydrogen-bond donors (Lipinski definition) is 0. The summed E-state index contributed by atoms with van der Waals surface area (Å²) in [7, 11) is 2.47. The molecule has 0 atom stereocenters. The van der Waals surface area contributed by atoms with Crippen LogP contribution in [0.2, 0.25) is 0 Å². The number of esters is 2. The van der Waals surface area contributed by atoms with Crippen molar-refractivity contribution in [3.8, 4) is 11.5 Å². The lowest BCUT2D eigenvalue weighted by molar-refractivity contribution is 0.0594. The van der Waals surface area contributed by atoms with E-state index in [9.17, 15) is 9.59 Å². The zero-order chi connectivity index (χ0) is 16.5. The molecule has 0 unspecified atom stereocenters. The van der Waals surface area contributed by atoms with Crippen LogP contribution in [0.15, 0.2) is 37.4 Å². The largest absolute Gasteiger partial charge is 0.488 e. The number of carbonyl (C=O) groups is 2. The maximum Gasteiger partial charge on any atom is 0.341 e. The van der Waals surface area contributed by atoms with Crippen LogP contribution in [0.1, 0.15) is 20.7 Å². The zero-order valence-corrected chi connectivity index (χ0v) is 12.6. The van der Waals surface area contributed by atoms with Gasteiger partial charge in [0.1, 0.15) is 35.8 Å². The minimum absolute atomic E-state index is 0.0932. The van der Waals surface area contributed by atoms with Crippen LogP contribution in [-0.4, -0.2) is 39.4 Å². The van der Waals surface area contributed by atoms with Gasteiger partial charge in [0.15, 0.2) is 0 Å². The molecule has 0 aliphatic heterocycles. The Morgan fingerprint density at radius 2 is 1.32 bits per heavy atom. The van der Waals surface area contributed by atoms with Gasteiger partial charge in [-0.05, 0) is 6.07 Å². The Morgan fingerprint density at radius 1 is 0.909 bits per heavy atom. The molecule has 0 aromatic heterocycles. The van der Waals surface area contributed by atoms with E-state index in [1.807, 2.05) is 0 Å². The van der Waals surface area contributed by atoms with Crippen molar-refractivity contribution in [2.24, 2.45) is 0 Å². The molecule has 0 N–H and O–H groups in total. The first-order chi connectivity index (χ1) is 10.6. The summed E-state index contributed by atoms with van der Waals surface area (Å²) < 4.78 is 20.2. The van der Waals surface area contributed by atoms with E-state index in [4.69, 9.17) is 18.9 Å². The first-order valence-electron chi connectivity index (χ1n) is 6.41. The molecule has 0 aliphatic carbocycles. The molecule has 0 radical (unpaired) electrons.